The molecule has 1 aliphatic rings. The van der Waals surface area contributed by atoms with Crippen molar-refractivity contribution in [2.75, 3.05) is 11.9 Å². The third-order valence-electron chi connectivity index (χ3n) is 7.11. The Balaban J connectivity index is 1.16. The molecule has 0 aliphatic carbocycles. The summed E-state index contributed by atoms with van der Waals surface area (Å²) in [5.41, 5.74) is 8.17. The molecule has 3 aromatic carbocycles. The molecule has 2 N–H and O–H groups in total. The van der Waals surface area contributed by atoms with E-state index >= 15 is 0 Å². The number of hydrogen-bond donors (Lipinski definition) is 2. The van der Waals surface area contributed by atoms with Gasteiger partial charge >= 0.3 is 5.97 Å². The maximum absolute atomic E-state index is 12.0. The Kier molecular flexibility index (Phi) is 8.20. The second-order valence-corrected chi connectivity index (χ2v) is 11.5. The van der Waals surface area contributed by atoms with Crippen LogP contribution in [0.4, 0.5) is 5.69 Å². The number of hydrogen-bond acceptors (Lipinski definition) is 5. The van der Waals surface area contributed by atoms with Gasteiger partial charge in [0.1, 0.15) is 11.0 Å². The Hall–Kier alpha value is -3.48. The van der Waals surface area contributed by atoms with Crippen molar-refractivity contribution in [3.8, 4) is 11.3 Å². The van der Waals surface area contributed by atoms with E-state index in [1.165, 1.54) is 16.7 Å². The van der Waals surface area contributed by atoms with Gasteiger partial charge in [-0.25, -0.2) is 4.98 Å². The molecular weight excluding hydrogens is 490 g/mol. The Labute approximate surface area is 229 Å². The van der Waals surface area contributed by atoms with E-state index < -0.39 is 12.0 Å². The van der Waals surface area contributed by atoms with Crippen molar-refractivity contribution in [2.24, 2.45) is 5.92 Å². The molecule has 38 heavy (non-hydrogen) atoms. The molecule has 196 valence electrons. The van der Waals surface area contributed by atoms with Crippen molar-refractivity contribution in [3.63, 3.8) is 0 Å². The van der Waals surface area contributed by atoms with E-state index in [1.54, 1.807) is 11.3 Å². The topological polar surface area (TPSA) is 65.5 Å². The van der Waals surface area contributed by atoms with E-state index in [9.17, 15) is 9.90 Å². The highest BCUT2D eigenvalue weighted by atomic mass is 32.1. The van der Waals surface area contributed by atoms with Crippen LogP contribution < -0.4 is 5.32 Å². The second-order valence-electron chi connectivity index (χ2n) is 10.5. The molecule has 5 rings (SSSR count). The lowest BCUT2D eigenvalue weighted by molar-refractivity contribution is -0.144. The quantitative estimate of drug-likeness (QED) is 0.242. The van der Waals surface area contributed by atoms with Crippen LogP contribution in [0.5, 0.6) is 0 Å². The highest BCUT2D eigenvalue weighted by Gasteiger charge is 2.31. The lowest BCUT2D eigenvalue weighted by Gasteiger charge is -2.33. The number of aliphatic carboxylic acids is 1. The molecule has 0 radical (unpaired) electrons. The molecule has 4 aromatic rings. The first-order chi connectivity index (χ1) is 18.4. The Morgan fingerprint density at radius 3 is 2.45 bits per heavy atom. The monoisotopic (exact) mass is 525 g/mol. The molecule has 0 bridgehead atoms. The van der Waals surface area contributed by atoms with Crippen LogP contribution in [-0.4, -0.2) is 33.5 Å². The molecule has 1 unspecified atom stereocenters. The van der Waals surface area contributed by atoms with Gasteiger partial charge < -0.3 is 10.4 Å². The van der Waals surface area contributed by atoms with Crippen LogP contribution in [0.25, 0.3) is 11.3 Å². The fraction of sp³-hybridized carbons (Fsp3) is 0.312. The number of thiazole rings is 1. The lowest BCUT2D eigenvalue weighted by Crippen LogP contribution is -2.44. The smallest absolute Gasteiger partial charge is 0.321 e. The van der Waals surface area contributed by atoms with Crippen molar-refractivity contribution in [3.05, 3.63) is 105 Å². The summed E-state index contributed by atoms with van der Waals surface area (Å²) in [5.74, 6) is -0.0963. The summed E-state index contributed by atoms with van der Waals surface area (Å²) in [7, 11) is 0. The van der Waals surface area contributed by atoms with Gasteiger partial charge in [-0.15, -0.1) is 11.3 Å². The average Bonchev–Trinajstić information content (AvgIpc) is 3.38. The standard InChI is InChI=1S/C32H35N3O2S/c1-22(2)17-24-9-7-23(8-10-24)15-16-33-28-13-11-25(12-14-28)29-21-38-31(34-29)20-35-19-27-6-4-3-5-26(27)18-30(35)32(36)37/h3-14,21-22,30,33H,15-20H2,1-2H3,(H,36,37). The van der Waals surface area contributed by atoms with E-state index in [4.69, 9.17) is 4.98 Å². The second kappa shape index (κ2) is 11.9. The van der Waals surface area contributed by atoms with E-state index in [-0.39, 0.29) is 0 Å². The van der Waals surface area contributed by atoms with E-state index in [0.29, 0.717) is 25.4 Å². The fourth-order valence-corrected chi connectivity index (χ4v) is 5.93. The number of nitrogens with zero attached hydrogens (tertiary/aromatic N) is 2. The lowest BCUT2D eigenvalue weighted by atomic mass is 9.94. The van der Waals surface area contributed by atoms with E-state index in [0.717, 1.165) is 46.9 Å². The van der Waals surface area contributed by atoms with Gasteiger partial charge in [-0.05, 0) is 59.6 Å². The van der Waals surface area contributed by atoms with Crippen molar-refractivity contribution in [1.29, 1.82) is 0 Å². The Morgan fingerprint density at radius 1 is 1.03 bits per heavy atom. The van der Waals surface area contributed by atoms with Gasteiger partial charge in [-0.1, -0.05) is 74.5 Å². The van der Waals surface area contributed by atoms with Gasteiger partial charge in [0, 0.05) is 29.7 Å². The molecule has 2 heterocycles. The molecule has 0 amide bonds. The number of carboxylic acids is 1. The summed E-state index contributed by atoms with van der Waals surface area (Å²) < 4.78 is 0. The minimum absolute atomic E-state index is 0.527. The highest BCUT2D eigenvalue weighted by Crippen LogP contribution is 2.28. The maximum atomic E-state index is 12.0. The number of rotatable bonds is 10. The van der Waals surface area contributed by atoms with Crippen LogP contribution >= 0.6 is 11.3 Å². The van der Waals surface area contributed by atoms with Crippen molar-refractivity contribution in [1.82, 2.24) is 9.88 Å². The predicted octanol–water partition coefficient (Wildman–Crippen LogP) is 6.67. The third-order valence-corrected chi connectivity index (χ3v) is 7.94. The highest BCUT2D eigenvalue weighted by molar-refractivity contribution is 7.09. The number of carbonyl (C=O) groups is 1. The zero-order chi connectivity index (χ0) is 26.5. The third kappa shape index (κ3) is 6.50. The van der Waals surface area contributed by atoms with Crippen LogP contribution in [0, 0.1) is 5.92 Å². The van der Waals surface area contributed by atoms with E-state index in [2.05, 4.69) is 79.1 Å². The molecule has 0 saturated heterocycles. The molecule has 0 spiro atoms. The number of benzene rings is 3. The van der Waals surface area contributed by atoms with Crippen LogP contribution in [0.2, 0.25) is 0 Å². The van der Waals surface area contributed by atoms with Gasteiger partial charge in [-0.2, -0.15) is 0 Å². The van der Waals surface area contributed by atoms with Gasteiger partial charge in [0.05, 0.1) is 12.2 Å². The number of nitrogens with one attached hydrogen (secondary N) is 1. The van der Waals surface area contributed by atoms with Crippen molar-refractivity contribution < 1.29 is 9.90 Å². The van der Waals surface area contributed by atoms with Gasteiger partial charge in [0.2, 0.25) is 0 Å². The Morgan fingerprint density at radius 2 is 1.74 bits per heavy atom. The van der Waals surface area contributed by atoms with Crippen LogP contribution in [0.15, 0.2) is 78.2 Å². The molecule has 1 aromatic heterocycles. The molecule has 5 nitrogen and oxygen atoms in total. The largest absolute Gasteiger partial charge is 0.480 e. The fourth-order valence-electron chi connectivity index (χ4n) is 5.10. The van der Waals surface area contributed by atoms with Gasteiger partial charge in [0.15, 0.2) is 0 Å². The normalized spacial score (nSPS) is 15.4. The zero-order valence-corrected chi connectivity index (χ0v) is 22.9. The SMILES string of the molecule is CC(C)Cc1ccc(CCNc2ccc(-c3csc(CN4Cc5ccccc5CC4C(=O)O)n3)cc2)cc1. The number of fused-ring (bicyclic) bond motifs is 1. The summed E-state index contributed by atoms with van der Waals surface area (Å²) in [4.78, 5) is 18.8. The molecule has 1 aliphatic heterocycles. The predicted molar refractivity (Wildman–Crippen MR) is 156 cm³/mol. The van der Waals surface area contributed by atoms with Crippen LogP contribution in [-0.2, 0) is 37.1 Å². The van der Waals surface area contributed by atoms with E-state index in [1.807, 2.05) is 23.1 Å². The zero-order valence-electron chi connectivity index (χ0n) is 22.1. The minimum Gasteiger partial charge on any atom is -0.480 e. The number of anilines is 1. The maximum Gasteiger partial charge on any atom is 0.321 e. The van der Waals surface area contributed by atoms with Gasteiger partial charge in [-0.3, -0.25) is 9.69 Å². The van der Waals surface area contributed by atoms with Crippen molar-refractivity contribution in [2.45, 2.75) is 52.2 Å². The van der Waals surface area contributed by atoms with Crippen molar-refractivity contribution >= 4 is 23.0 Å². The number of carboxylic acid groups (broad SMARTS) is 1. The molecule has 0 fully saturated rings. The summed E-state index contributed by atoms with van der Waals surface area (Å²) in [6.07, 6.45) is 2.64. The molecule has 1 atom stereocenters. The molecular formula is C32H35N3O2S. The summed E-state index contributed by atoms with van der Waals surface area (Å²) in [6.45, 7) is 6.55. The first-order valence-electron chi connectivity index (χ1n) is 13.3. The summed E-state index contributed by atoms with van der Waals surface area (Å²) in [6, 6.07) is 25.0. The summed E-state index contributed by atoms with van der Waals surface area (Å²) >= 11 is 1.59. The Bertz CT molecular complexity index is 1360. The summed E-state index contributed by atoms with van der Waals surface area (Å²) in [5, 5.41) is 16.3. The average molecular weight is 526 g/mol. The van der Waals surface area contributed by atoms with Crippen LogP contribution in [0.3, 0.4) is 0 Å². The van der Waals surface area contributed by atoms with Crippen LogP contribution in [0.1, 0.15) is 41.1 Å². The van der Waals surface area contributed by atoms with Gasteiger partial charge in [0.25, 0.3) is 0 Å². The molecule has 0 saturated carbocycles. The minimum atomic E-state index is -0.775. The first kappa shape index (κ1) is 26.1. The number of aromatic nitrogens is 1. The first-order valence-corrected chi connectivity index (χ1v) is 14.2. The molecule has 6 heteroatoms.